The molecule has 0 aliphatic carbocycles. The maximum atomic E-state index is 6.02. The van der Waals surface area contributed by atoms with Crippen LogP contribution >= 0.6 is 11.6 Å². The number of hydrogen-bond acceptors (Lipinski definition) is 4. The fourth-order valence-corrected chi connectivity index (χ4v) is 2.93. The van der Waals surface area contributed by atoms with Crippen LogP contribution in [0.25, 0.3) is 11.2 Å². The van der Waals surface area contributed by atoms with Gasteiger partial charge < -0.3 is 10.3 Å². The lowest BCUT2D eigenvalue weighted by Crippen LogP contribution is -2.27. The lowest BCUT2D eigenvalue weighted by atomic mass is 10.2. The summed E-state index contributed by atoms with van der Waals surface area (Å²) in [5.74, 6) is 2.04. The third-order valence-corrected chi connectivity index (χ3v) is 4.35. The van der Waals surface area contributed by atoms with E-state index in [-0.39, 0.29) is 0 Å². The molecule has 0 atom stereocenters. The summed E-state index contributed by atoms with van der Waals surface area (Å²) in [6.07, 6.45) is 0. The quantitative estimate of drug-likeness (QED) is 0.688. The molecule has 2 N–H and O–H groups in total. The number of aromatic nitrogens is 4. The van der Waals surface area contributed by atoms with E-state index in [0.29, 0.717) is 24.6 Å². The Bertz CT molecular complexity index is 953. The van der Waals surface area contributed by atoms with Crippen molar-refractivity contribution in [3.63, 3.8) is 0 Å². The molecule has 1 aromatic carbocycles. The molecule has 3 rings (SSSR count). The second-order valence-corrected chi connectivity index (χ2v) is 6.89. The van der Waals surface area contributed by atoms with Gasteiger partial charge in [-0.3, -0.25) is 9.56 Å². The van der Waals surface area contributed by atoms with Crippen molar-refractivity contribution in [1.82, 2.24) is 19.5 Å². The summed E-state index contributed by atoms with van der Waals surface area (Å²) in [7, 11) is 0. The van der Waals surface area contributed by atoms with Crippen LogP contribution < -0.4 is 10.9 Å². The van der Waals surface area contributed by atoms with E-state index in [1.807, 2.05) is 31.2 Å². The summed E-state index contributed by atoms with van der Waals surface area (Å²) >= 11 is 6.02. The molecule has 2 heterocycles. The minimum absolute atomic E-state index is 0.299. The Balaban J connectivity index is 2.23. The second kappa shape index (κ2) is 7.91. The van der Waals surface area contributed by atoms with Gasteiger partial charge in [0, 0.05) is 24.0 Å². The smallest absolute Gasteiger partial charge is 0.228 e. The molecule has 0 unspecified atom stereocenters. The van der Waals surface area contributed by atoms with Gasteiger partial charge in [-0.25, -0.2) is 4.98 Å². The van der Waals surface area contributed by atoms with Crippen LogP contribution in [-0.2, 0) is 6.54 Å². The van der Waals surface area contributed by atoms with E-state index in [0.717, 1.165) is 39.9 Å². The number of aromatic amines is 1. The standard InChI is InChI=1S/C19H25ClN6/c1-5-21-17-15-18(24-16(23-15)12(3)4)26(19(25-17)22-6-2)11-13-7-9-14(20)10-8-13/h7-10,12H,5-6,11H2,1-4H3,(H,23,24)(H,21,22,25). The van der Waals surface area contributed by atoms with Crippen LogP contribution in [0.5, 0.6) is 0 Å². The molecule has 3 aromatic rings. The van der Waals surface area contributed by atoms with Crippen LogP contribution in [0.15, 0.2) is 29.3 Å². The minimum Gasteiger partial charge on any atom is -0.368 e. The molecule has 2 aromatic heterocycles. The minimum atomic E-state index is 0.299. The van der Waals surface area contributed by atoms with E-state index < -0.39 is 0 Å². The van der Waals surface area contributed by atoms with Crippen molar-refractivity contribution in [2.45, 2.75) is 40.2 Å². The molecule has 0 amide bonds. The Hall–Kier alpha value is -2.34. The van der Waals surface area contributed by atoms with Crippen molar-refractivity contribution in [2.75, 3.05) is 18.4 Å². The Kier molecular flexibility index (Phi) is 5.61. The van der Waals surface area contributed by atoms with Gasteiger partial charge in [-0.05, 0) is 31.5 Å². The van der Waals surface area contributed by atoms with Gasteiger partial charge in [-0.2, -0.15) is 4.98 Å². The number of rotatable bonds is 6. The van der Waals surface area contributed by atoms with E-state index in [9.17, 15) is 0 Å². The van der Waals surface area contributed by atoms with Gasteiger partial charge in [-0.15, -0.1) is 0 Å². The van der Waals surface area contributed by atoms with E-state index >= 15 is 0 Å². The number of halogens is 1. The highest BCUT2D eigenvalue weighted by Gasteiger charge is 2.16. The first-order valence-corrected chi connectivity index (χ1v) is 9.40. The molecule has 0 saturated heterocycles. The van der Waals surface area contributed by atoms with Crippen molar-refractivity contribution in [2.24, 2.45) is 4.99 Å². The van der Waals surface area contributed by atoms with Gasteiger partial charge >= 0.3 is 0 Å². The lowest BCUT2D eigenvalue weighted by molar-refractivity contribution is 0.716. The van der Waals surface area contributed by atoms with Crippen LogP contribution in [0.3, 0.4) is 0 Å². The van der Waals surface area contributed by atoms with Crippen molar-refractivity contribution < 1.29 is 0 Å². The van der Waals surface area contributed by atoms with Gasteiger partial charge in [-0.1, -0.05) is 37.6 Å². The van der Waals surface area contributed by atoms with Crippen LogP contribution in [0.1, 0.15) is 45.0 Å². The Morgan fingerprint density at radius 1 is 1.19 bits per heavy atom. The summed E-state index contributed by atoms with van der Waals surface area (Å²) in [5.41, 5.74) is 3.58. The molecule has 0 spiro atoms. The fraction of sp³-hybridized carbons (Fsp3) is 0.421. The largest absolute Gasteiger partial charge is 0.368 e. The summed E-state index contributed by atoms with van der Waals surface area (Å²) in [6.45, 7) is 10.4. The highest BCUT2D eigenvalue weighted by molar-refractivity contribution is 6.30. The number of nitrogens with zero attached hydrogens (tertiary/aromatic N) is 4. The van der Waals surface area contributed by atoms with E-state index in [4.69, 9.17) is 21.6 Å². The number of benzene rings is 1. The molecule has 0 radical (unpaired) electrons. The van der Waals surface area contributed by atoms with E-state index in [1.54, 1.807) is 0 Å². The molecule has 7 heteroatoms. The van der Waals surface area contributed by atoms with Crippen LogP contribution in [-0.4, -0.2) is 32.6 Å². The van der Waals surface area contributed by atoms with Crippen LogP contribution in [0, 0.1) is 0 Å². The van der Waals surface area contributed by atoms with Crippen LogP contribution in [0.2, 0.25) is 5.02 Å². The van der Waals surface area contributed by atoms with Crippen LogP contribution in [0.4, 0.5) is 5.82 Å². The van der Waals surface area contributed by atoms with Crippen molar-refractivity contribution in [3.05, 3.63) is 46.3 Å². The van der Waals surface area contributed by atoms with Crippen molar-refractivity contribution in [3.8, 4) is 0 Å². The molecule has 138 valence electrons. The Morgan fingerprint density at radius 3 is 2.54 bits per heavy atom. The second-order valence-electron chi connectivity index (χ2n) is 6.45. The summed E-state index contributed by atoms with van der Waals surface area (Å²) in [5, 5.41) is 4.05. The van der Waals surface area contributed by atoms with Gasteiger partial charge in [0.25, 0.3) is 0 Å². The Labute approximate surface area is 158 Å². The number of H-pyrrole nitrogens is 1. The van der Waals surface area contributed by atoms with Crippen molar-refractivity contribution >= 4 is 28.6 Å². The monoisotopic (exact) mass is 372 g/mol. The molecule has 0 saturated carbocycles. The molecule has 0 aliphatic rings. The zero-order chi connectivity index (χ0) is 18.7. The molecule has 0 fully saturated rings. The number of anilines is 1. The van der Waals surface area contributed by atoms with Gasteiger partial charge in [0.1, 0.15) is 11.3 Å². The number of hydrogen-bond donors (Lipinski definition) is 2. The molecular weight excluding hydrogens is 348 g/mol. The molecular formula is C19H25ClN6. The lowest BCUT2D eigenvalue weighted by Gasteiger charge is -2.11. The first kappa shape index (κ1) is 18.5. The fourth-order valence-electron chi connectivity index (χ4n) is 2.80. The van der Waals surface area contributed by atoms with Crippen molar-refractivity contribution in [1.29, 1.82) is 0 Å². The molecule has 0 bridgehead atoms. The zero-order valence-corrected chi connectivity index (χ0v) is 16.4. The number of nitrogens with one attached hydrogen (secondary N) is 2. The number of fused-ring (bicyclic) bond motifs is 1. The normalized spacial score (nSPS) is 12.3. The first-order chi connectivity index (χ1) is 12.5. The average molecular weight is 373 g/mol. The highest BCUT2D eigenvalue weighted by atomic mass is 35.5. The predicted octanol–water partition coefficient (Wildman–Crippen LogP) is 3.94. The summed E-state index contributed by atoms with van der Waals surface area (Å²) in [6, 6.07) is 7.84. The average Bonchev–Trinajstić information content (AvgIpc) is 3.06. The highest BCUT2D eigenvalue weighted by Crippen LogP contribution is 2.22. The molecule has 26 heavy (non-hydrogen) atoms. The maximum absolute atomic E-state index is 6.02. The molecule has 0 aliphatic heterocycles. The predicted molar refractivity (Wildman–Crippen MR) is 107 cm³/mol. The SMILES string of the molecule is CCN=c1nc(NCC)c2[nH]c(C(C)C)nc2n1Cc1ccc(Cl)cc1. The Morgan fingerprint density at radius 2 is 1.92 bits per heavy atom. The maximum Gasteiger partial charge on any atom is 0.228 e. The zero-order valence-electron chi connectivity index (χ0n) is 15.7. The third-order valence-electron chi connectivity index (χ3n) is 4.09. The summed E-state index contributed by atoms with van der Waals surface area (Å²) < 4.78 is 2.06. The third kappa shape index (κ3) is 3.75. The van der Waals surface area contributed by atoms with E-state index in [2.05, 4.69) is 40.6 Å². The number of imidazole rings is 1. The first-order valence-electron chi connectivity index (χ1n) is 9.02. The van der Waals surface area contributed by atoms with Gasteiger partial charge in [0.05, 0.1) is 6.54 Å². The molecule has 6 nitrogen and oxygen atoms in total. The topological polar surface area (TPSA) is 70.9 Å². The van der Waals surface area contributed by atoms with E-state index in [1.165, 1.54) is 0 Å². The van der Waals surface area contributed by atoms with Gasteiger partial charge in [0.15, 0.2) is 11.5 Å². The summed E-state index contributed by atoms with van der Waals surface area (Å²) in [4.78, 5) is 17.6. The van der Waals surface area contributed by atoms with Gasteiger partial charge in [0.2, 0.25) is 5.62 Å².